The minimum absolute atomic E-state index is 0.0820. The van der Waals surface area contributed by atoms with Crippen molar-refractivity contribution in [3.63, 3.8) is 0 Å². The Morgan fingerprint density at radius 2 is 1.50 bits per heavy atom. The van der Waals surface area contributed by atoms with Crippen molar-refractivity contribution in [2.45, 2.75) is 95.2 Å². The molecule has 1 aliphatic carbocycles. The number of benzene rings is 2. The highest BCUT2D eigenvalue weighted by molar-refractivity contribution is 6.35. The lowest BCUT2D eigenvalue weighted by atomic mass is 9.83. The Balaban J connectivity index is 1.53. The maximum absolute atomic E-state index is 14.2. The van der Waals surface area contributed by atoms with E-state index in [1.807, 2.05) is 17.0 Å². The normalized spacial score (nSPS) is 19.8. The smallest absolute Gasteiger partial charge is 0.240 e. The van der Waals surface area contributed by atoms with Crippen molar-refractivity contribution in [3.8, 4) is 0 Å². The summed E-state index contributed by atoms with van der Waals surface area (Å²) in [6, 6.07) is 9.77. The maximum Gasteiger partial charge on any atom is 0.240 e. The molecule has 2 fully saturated rings. The molecular weight excluding hydrogens is 664 g/mol. The number of piperazine rings is 1. The molecule has 2 amide bonds. The van der Waals surface area contributed by atoms with Gasteiger partial charge in [0.15, 0.2) is 0 Å². The molecule has 4 rings (SSSR count). The number of hydrogen-bond acceptors (Lipinski definition) is 5. The maximum atomic E-state index is 14.2. The van der Waals surface area contributed by atoms with Gasteiger partial charge in [-0.25, -0.2) is 0 Å². The molecule has 46 heavy (non-hydrogen) atoms. The van der Waals surface area contributed by atoms with Crippen LogP contribution in [-0.4, -0.2) is 72.5 Å². The summed E-state index contributed by atoms with van der Waals surface area (Å²) >= 11 is 25.1. The monoisotopic (exact) mass is 711 g/mol. The molecule has 1 heterocycles. The highest BCUT2D eigenvalue weighted by Gasteiger charge is 2.40. The van der Waals surface area contributed by atoms with Crippen LogP contribution in [0.15, 0.2) is 36.4 Å². The predicted octanol–water partition coefficient (Wildman–Crippen LogP) is 6.90. The minimum atomic E-state index is -0.747. The molecule has 5 N–H and O–H groups in total. The van der Waals surface area contributed by atoms with E-state index >= 15 is 0 Å². The van der Waals surface area contributed by atoms with Crippen LogP contribution in [0.4, 0.5) is 0 Å². The number of halogens is 4. The van der Waals surface area contributed by atoms with Gasteiger partial charge in [0.25, 0.3) is 0 Å². The fourth-order valence-corrected chi connectivity index (χ4v) is 7.96. The summed E-state index contributed by atoms with van der Waals surface area (Å²) < 4.78 is 0. The van der Waals surface area contributed by atoms with Gasteiger partial charge in [-0.2, -0.15) is 0 Å². The Kier molecular flexibility index (Phi) is 15.2. The van der Waals surface area contributed by atoms with Gasteiger partial charge in [0.1, 0.15) is 0 Å². The molecule has 0 bridgehead atoms. The first-order valence-corrected chi connectivity index (χ1v) is 18.3. The summed E-state index contributed by atoms with van der Waals surface area (Å²) in [5, 5.41) is 5.55. The minimum Gasteiger partial charge on any atom is -0.336 e. The number of unbranched alkanes of at least 4 members (excludes halogenated alkanes) is 1. The Morgan fingerprint density at radius 3 is 2.15 bits per heavy atom. The third kappa shape index (κ3) is 11.0. The molecule has 2 aromatic carbocycles. The van der Waals surface area contributed by atoms with Crippen LogP contribution < -0.4 is 16.8 Å². The number of nitrogens with one attached hydrogen (secondary N) is 1. The molecular formula is C35H49Cl4N5O2. The van der Waals surface area contributed by atoms with E-state index in [4.69, 9.17) is 57.9 Å². The van der Waals surface area contributed by atoms with Crippen molar-refractivity contribution in [3.05, 3.63) is 67.6 Å². The largest absolute Gasteiger partial charge is 0.336 e. The van der Waals surface area contributed by atoms with E-state index in [1.54, 1.807) is 24.3 Å². The Bertz CT molecular complexity index is 1290. The standard InChI is InChI=1S/C35H49Cl4N5O2/c36-27-12-9-25(31(38)20-27)11-14-34(45)43-23-30(18-24-6-2-1-3-7-24)44(22-29(43)8-4-5-16-42-17-15-40)35(46)33(41)19-26-10-13-28(37)21-32(26)39/h9-10,12-13,20-21,24,29-30,33,42H,1-8,11,14-19,22-23,40-41H2/t29?,30-,33?/m1/s1. The molecule has 2 aromatic rings. The lowest BCUT2D eigenvalue weighted by molar-refractivity contribution is -0.148. The van der Waals surface area contributed by atoms with Gasteiger partial charge >= 0.3 is 0 Å². The number of rotatable bonds is 15. The van der Waals surface area contributed by atoms with Crippen molar-refractivity contribution in [1.82, 2.24) is 15.1 Å². The van der Waals surface area contributed by atoms with Gasteiger partial charge in [-0.3, -0.25) is 9.59 Å². The molecule has 0 aromatic heterocycles. The van der Waals surface area contributed by atoms with Crippen molar-refractivity contribution in [2.75, 3.05) is 32.7 Å². The van der Waals surface area contributed by atoms with E-state index in [-0.39, 0.29) is 23.9 Å². The SMILES string of the molecule is NCCNCCCCC1CN(C(=O)C(N)Cc2ccc(Cl)cc2Cl)[C@H](CC2CCCCC2)CN1C(=O)CCc1ccc(Cl)cc1Cl. The molecule has 11 heteroatoms. The van der Waals surface area contributed by atoms with Crippen LogP contribution in [0.3, 0.4) is 0 Å². The van der Waals surface area contributed by atoms with Gasteiger partial charge < -0.3 is 26.6 Å². The first-order valence-electron chi connectivity index (χ1n) is 16.8. The van der Waals surface area contributed by atoms with E-state index in [2.05, 4.69) is 10.2 Å². The van der Waals surface area contributed by atoms with Gasteiger partial charge in [-0.1, -0.05) is 97.1 Å². The van der Waals surface area contributed by atoms with E-state index < -0.39 is 6.04 Å². The van der Waals surface area contributed by atoms with E-state index in [0.29, 0.717) is 64.9 Å². The second-order valence-corrected chi connectivity index (χ2v) is 14.6. The average molecular weight is 714 g/mol. The molecule has 2 aliphatic rings. The van der Waals surface area contributed by atoms with Crippen molar-refractivity contribution >= 4 is 58.2 Å². The fourth-order valence-electron chi connectivity index (χ4n) is 6.97. The van der Waals surface area contributed by atoms with Crippen LogP contribution in [0.1, 0.15) is 75.3 Å². The fraction of sp³-hybridized carbons (Fsp3) is 0.600. The molecule has 1 aliphatic heterocycles. The first kappa shape index (κ1) is 37.2. The van der Waals surface area contributed by atoms with Crippen LogP contribution in [0.25, 0.3) is 0 Å². The summed E-state index contributed by atoms with van der Waals surface area (Å²) in [7, 11) is 0. The van der Waals surface area contributed by atoms with Gasteiger partial charge in [0.2, 0.25) is 11.8 Å². The lowest BCUT2D eigenvalue weighted by Crippen LogP contribution is -2.64. The molecule has 7 nitrogen and oxygen atoms in total. The summed E-state index contributed by atoms with van der Waals surface area (Å²) in [4.78, 5) is 32.2. The van der Waals surface area contributed by atoms with Gasteiger partial charge in [0, 0.05) is 64.8 Å². The van der Waals surface area contributed by atoms with Gasteiger partial charge in [0.05, 0.1) is 6.04 Å². The Hall–Kier alpha value is -1.58. The third-order valence-electron chi connectivity index (χ3n) is 9.49. The van der Waals surface area contributed by atoms with Crippen LogP contribution >= 0.6 is 46.4 Å². The zero-order valence-corrected chi connectivity index (χ0v) is 29.7. The lowest BCUT2D eigenvalue weighted by Gasteiger charge is -2.48. The van der Waals surface area contributed by atoms with Gasteiger partial charge in [-0.15, -0.1) is 0 Å². The summed E-state index contributed by atoms with van der Waals surface area (Å²) in [6.07, 6.45) is 10.8. The number of amides is 2. The van der Waals surface area contributed by atoms with Crippen molar-refractivity contribution < 1.29 is 9.59 Å². The van der Waals surface area contributed by atoms with Crippen LogP contribution in [0.2, 0.25) is 20.1 Å². The number of carbonyl (C=O) groups excluding carboxylic acids is 2. The Morgan fingerprint density at radius 1 is 0.848 bits per heavy atom. The highest BCUT2D eigenvalue weighted by Crippen LogP contribution is 2.33. The van der Waals surface area contributed by atoms with E-state index in [1.165, 1.54) is 19.3 Å². The number of nitrogens with two attached hydrogens (primary N) is 2. The van der Waals surface area contributed by atoms with Crippen LogP contribution in [-0.2, 0) is 22.4 Å². The molecule has 0 spiro atoms. The highest BCUT2D eigenvalue weighted by atomic mass is 35.5. The topological polar surface area (TPSA) is 105 Å². The zero-order chi connectivity index (χ0) is 33.1. The summed E-state index contributed by atoms with van der Waals surface area (Å²) in [5.74, 6) is 0.544. The average Bonchev–Trinajstić information content (AvgIpc) is 3.04. The quantitative estimate of drug-likeness (QED) is 0.174. The van der Waals surface area contributed by atoms with E-state index in [0.717, 1.165) is 62.7 Å². The summed E-state index contributed by atoms with van der Waals surface area (Å²) in [5.41, 5.74) is 14.0. The van der Waals surface area contributed by atoms with Crippen molar-refractivity contribution in [1.29, 1.82) is 0 Å². The molecule has 0 radical (unpaired) electrons. The number of hydrogen-bond donors (Lipinski definition) is 3. The molecule has 3 atom stereocenters. The van der Waals surface area contributed by atoms with Gasteiger partial charge in [-0.05, 0) is 80.0 Å². The number of aryl methyl sites for hydroxylation is 1. The molecule has 1 saturated heterocycles. The van der Waals surface area contributed by atoms with Crippen molar-refractivity contribution in [2.24, 2.45) is 17.4 Å². The van der Waals surface area contributed by atoms with E-state index in [9.17, 15) is 9.59 Å². The first-order chi connectivity index (χ1) is 22.2. The summed E-state index contributed by atoms with van der Waals surface area (Å²) in [6.45, 7) is 3.24. The predicted molar refractivity (Wildman–Crippen MR) is 191 cm³/mol. The second-order valence-electron chi connectivity index (χ2n) is 12.9. The Labute approximate surface area is 294 Å². The van der Waals surface area contributed by atoms with Crippen LogP contribution in [0, 0.1) is 5.92 Å². The van der Waals surface area contributed by atoms with Crippen LogP contribution in [0.5, 0.6) is 0 Å². The number of carbonyl (C=O) groups is 2. The molecule has 254 valence electrons. The second kappa shape index (κ2) is 18.8. The molecule has 2 unspecified atom stereocenters. The molecule has 1 saturated carbocycles. The third-order valence-corrected chi connectivity index (χ3v) is 10.7. The number of nitrogens with zero attached hydrogens (tertiary/aromatic N) is 2. The zero-order valence-electron chi connectivity index (χ0n) is 26.7.